The number of hydrogen-bond donors (Lipinski definition) is 1. The maximum Gasteiger partial charge on any atom is 0.314 e. The number of rotatable bonds is 0. The molecule has 4 aliphatic carbocycles. The van der Waals surface area contributed by atoms with E-state index in [0.717, 1.165) is 11.8 Å². The van der Waals surface area contributed by atoms with E-state index in [0.29, 0.717) is 37.8 Å². The van der Waals surface area contributed by atoms with Gasteiger partial charge < -0.3 is 15.4 Å². The zero-order chi connectivity index (χ0) is 14.2. The van der Waals surface area contributed by atoms with Crippen LogP contribution >= 0.6 is 0 Å². The van der Waals surface area contributed by atoms with E-state index in [2.05, 4.69) is 0 Å². The summed E-state index contributed by atoms with van der Waals surface area (Å²) in [5.41, 5.74) is 5.34. The third-order valence-corrected chi connectivity index (χ3v) is 6.59. The summed E-state index contributed by atoms with van der Waals surface area (Å²) >= 11 is 0. The second-order valence-corrected chi connectivity index (χ2v) is 7.60. The van der Waals surface area contributed by atoms with E-state index >= 15 is 0 Å². The highest BCUT2D eigenvalue weighted by molar-refractivity contribution is 5.72. The molecule has 4 saturated carbocycles. The summed E-state index contributed by atoms with van der Waals surface area (Å²) in [6, 6.07) is -0.364. The molecule has 6 nitrogen and oxygen atoms in total. The highest BCUT2D eigenvalue weighted by Crippen LogP contribution is 2.67. The van der Waals surface area contributed by atoms with E-state index in [1.807, 2.05) is 0 Å². The molecule has 6 aliphatic rings. The molecule has 5 atom stereocenters. The Kier molecular flexibility index (Phi) is 2.36. The summed E-state index contributed by atoms with van der Waals surface area (Å²) in [6.07, 6.45) is 6.32. The van der Waals surface area contributed by atoms with Gasteiger partial charge in [-0.1, -0.05) is 0 Å². The van der Waals surface area contributed by atoms with Crippen LogP contribution in [0.15, 0.2) is 0 Å². The SMILES string of the molecule is NC(=O)N1CCC2(CC1)OOC1(O2)C2CC3CC(C2)C1C3. The minimum atomic E-state index is -0.658. The standard InChI is InChI=1S/C15H22N2O4/c16-13(18)17-3-1-14(2-4-17)19-15(21-20-14)11-6-9-5-10(8-11)12(15)7-9/h9-12H,1-8H2,(H2,16,18). The highest BCUT2D eigenvalue weighted by Gasteiger charge is 2.70. The Balaban J connectivity index is 1.37. The Bertz CT molecular complexity index is 486. The average molecular weight is 294 g/mol. The van der Waals surface area contributed by atoms with Gasteiger partial charge in [0.2, 0.25) is 11.6 Å². The number of likely N-dealkylation sites (tertiary alicyclic amines) is 1. The van der Waals surface area contributed by atoms with Crippen LogP contribution in [0, 0.1) is 23.7 Å². The first-order chi connectivity index (χ1) is 10.1. The van der Waals surface area contributed by atoms with Crippen LogP contribution in [0.25, 0.3) is 0 Å². The quantitative estimate of drug-likeness (QED) is 0.689. The van der Waals surface area contributed by atoms with E-state index in [9.17, 15) is 4.79 Å². The minimum absolute atomic E-state index is 0.364. The molecule has 2 spiro atoms. The van der Waals surface area contributed by atoms with Crippen LogP contribution < -0.4 is 5.73 Å². The maximum atomic E-state index is 11.3. The van der Waals surface area contributed by atoms with Crippen molar-refractivity contribution in [1.29, 1.82) is 0 Å². The van der Waals surface area contributed by atoms with Crippen molar-refractivity contribution in [2.75, 3.05) is 13.1 Å². The lowest BCUT2D eigenvalue weighted by Gasteiger charge is -2.40. The fourth-order valence-electron chi connectivity index (χ4n) is 5.69. The van der Waals surface area contributed by atoms with Crippen molar-refractivity contribution in [3.63, 3.8) is 0 Å². The molecule has 116 valence electrons. The molecule has 21 heavy (non-hydrogen) atoms. The molecule has 6 fully saturated rings. The molecule has 0 aromatic carbocycles. The number of hydrogen-bond acceptors (Lipinski definition) is 4. The molecule has 6 rings (SSSR count). The molecule has 2 aliphatic heterocycles. The molecule has 5 unspecified atom stereocenters. The number of primary amides is 1. The van der Waals surface area contributed by atoms with Gasteiger partial charge >= 0.3 is 6.03 Å². The van der Waals surface area contributed by atoms with Gasteiger partial charge in [0, 0.05) is 37.8 Å². The summed E-state index contributed by atoms with van der Waals surface area (Å²) in [6.45, 7) is 1.16. The van der Waals surface area contributed by atoms with Gasteiger partial charge in [-0.2, -0.15) is 9.78 Å². The molecular weight excluding hydrogens is 272 g/mol. The molecule has 0 aromatic rings. The molecule has 0 aromatic heterocycles. The van der Waals surface area contributed by atoms with Gasteiger partial charge in [0.25, 0.3) is 0 Å². The van der Waals surface area contributed by atoms with Gasteiger partial charge in [-0.05, 0) is 37.5 Å². The number of carbonyl (C=O) groups excluding carboxylic acids is 1. The Morgan fingerprint density at radius 3 is 2.62 bits per heavy atom. The van der Waals surface area contributed by atoms with Gasteiger partial charge in [-0.15, -0.1) is 0 Å². The summed E-state index contributed by atoms with van der Waals surface area (Å²) in [4.78, 5) is 24.5. The van der Waals surface area contributed by atoms with Gasteiger partial charge in [0.05, 0.1) is 0 Å². The van der Waals surface area contributed by atoms with E-state index in [-0.39, 0.29) is 6.03 Å². The van der Waals surface area contributed by atoms with Crippen LogP contribution in [0.5, 0.6) is 0 Å². The molecule has 4 bridgehead atoms. The lowest BCUT2D eigenvalue weighted by Crippen LogP contribution is -2.52. The van der Waals surface area contributed by atoms with Crippen molar-refractivity contribution in [2.24, 2.45) is 29.4 Å². The number of urea groups is 1. The molecular formula is C15H22N2O4. The summed E-state index contributed by atoms with van der Waals surface area (Å²) < 4.78 is 6.51. The van der Waals surface area contributed by atoms with Crippen LogP contribution in [0.3, 0.4) is 0 Å². The fourth-order valence-corrected chi connectivity index (χ4v) is 5.69. The van der Waals surface area contributed by atoms with Gasteiger partial charge in [-0.3, -0.25) is 0 Å². The average Bonchev–Trinajstić information content (AvgIpc) is 3.04. The topological polar surface area (TPSA) is 74.0 Å². The Hall–Kier alpha value is -0.850. The van der Waals surface area contributed by atoms with Gasteiger partial charge in [0.15, 0.2) is 0 Å². The van der Waals surface area contributed by atoms with E-state index < -0.39 is 11.6 Å². The zero-order valence-electron chi connectivity index (χ0n) is 12.1. The second kappa shape index (κ2) is 3.91. The molecule has 6 heteroatoms. The molecule has 2 heterocycles. The Morgan fingerprint density at radius 1 is 1.10 bits per heavy atom. The first kappa shape index (κ1) is 12.7. The lowest BCUT2D eigenvalue weighted by atomic mass is 9.78. The van der Waals surface area contributed by atoms with Crippen molar-refractivity contribution >= 4 is 6.03 Å². The lowest BCUT2D eigenvalue weighted by molar-refractivity contribution is -0.370. The largest absolute Gasteiger partial charge is 0.351 e. The predicted molar refractivity (Wildman–Crippen MR) is 71.5 cm³/mol. The van der Waals surface area contributed by atoms with Crippen molar-refractivity contribution in [1.82, 2.24) is 4.90 Å². The molecule has 0 radical (unpaired) electrons. The number of piperidine rings is 1. The van der Waals surface area contributed by atoms with Crippen LogP contribution in [-0.4, -0.2) is 35.6 Å². The normalized spacial score (nSPS) is 49.6. The zero-order valence-corrected chi connectivity index (χ0v) is 12.1. The van der Waals surface area contributed by atoms with Gasteiger partial charge in [0.1, 0.15) is 0 Å². The maximum absolute atomic E-state index is 11.3. The van der Waals surface area contributed by atoms with Crippen molar-refractivity contribution in [2.45, 2.75) is 50.1 Å². The fraction of sp³-hybridized carbons (Fsp3) is 0.933. The number of amides is 2. The van der Waals surface area contributed by atoms with Crippen LogP contribution in [-0.2, 0) is 14.5 Å². The Morgan fingerprint density at radius 2 is 1.90 bits per heavy atom. The van der Waals surface area contributed by atoms with E-state index in [1.54, 1.807) is 4.90 Å². The van der Waals surface area contributed by atoms with Crippen LogP contribution in [0.4, 0.5) is 4.79 Å². The van der Waals surface area contributed by atoms with E-state index in [1.165, 1.54) is 25.7 Å². The monoisotopic (exact) mass is 294 g/mol. The summed E-state index contributed by atoms with van der Waals surface area (Å²) in [7, 11) is 0. The van der Waals surface area contributed by atoms with Crippen LogP contribution in [0.2, 0.25) is 0 Å². The first-order valence-electron chi connectivity index (χ1n) is 8.22. The third-order valence-electron chi connectivity index (χ3n) is 6.59. The van der Waals surface area contributed by atoms with Crippen molar-refractivity contribution in [3.8, 4) is 0 Å². The molecule has 2 saturated heterocycles. The summed E-state index contributed by atoms with van der Waals surface area (Å²) in [5.74, 6) is 1.49. The van der Waals surface area contributed by atoms with Crippen molar-refractivity contribution < 1.29 is 19.3 Å². The molecule has 2 N–H and O–H groups in total. The number of carbonyl (C=O) groups is 1. The summed E-state index contributed by atoms with van der Waals surface area (Å²) in [5, 5.41) is 0. The number of nitrogens with two attached hydrogens (primary N) is 1. The smallest absolute Gasteiger partial charge is 0.314 e. The van der Waals surface area contributed by atoms with E-state index in [4.69, 9.17) is 20.2 Å². The minimum Gasteiger partial charge on any atom is -0.351 e. The highest BCUT2D eigenvalue weighted by atomic mass is 17.3. The first-order valence-corrected chi connectivity index (χ1v) is 8.22. The predicted octanol–water partition coefficient (Wildman–Crippen LogP) is 1.60. The van der Waals surface area contributed by atoms with Crippen LogP contribution in [0.1, 0.15) is 38.5 Å². The second-order valence-electron chi connectivity index (χ2n) is 7.60. The Labute approximate surface area is 123 Å². The number of ether oxygens (including phenoxy) is 1. The van der Waals surface area contributed by atoms with Gasteiger partial charge in [-0.25, -0.2) is 4.79 Å². The van der Waals surface area contributed by atoms with Crippen molar-refractivity contribution in [3.05, 3.63) is 0 Å². The number of nitrogens with zero attached hydrogens (tertiary/aromatic N) is 1. The molecule has 2 amide bonds. The third kappa shape index (κ3) is 1.56.